The number of rotatable bonds is 79. The molecule has 0 rings (SSSR count). The van der Waals surface area contributed by atoms with Gasteiger partial charge in [0.1, 0.15) is 0 Å². The molecule has 12 nitrogen and oxygen atoms in total. The van der Waals surface area contributed by atoms with E-state index in [9.17, 15) is 0 Å². The maximum Gasteiger partial charge on any atom is 0.0967 e. The summed E-state index contributed by atoms with van der Waals surface area (Å²) < 4.78 is 59.9. The van der Waals surface area contributed by atoms with Crippen LogP contribution in [-0.4, -0.2) is 257 Å². The molecule has 0 aromatic carbocycles. The van der Waals surface area contributed by atoms with E-state index in [1.165, 1.54) is 308 Å². The number of ether oxygens (including phenoxy) is 12. The minimum absolute atomic E-state index is 0. The second-order valence-corrected chi connectivity index (χ2v) is 37.7. The quantitative estimate of drug-likeness (QED) is 0.00937. The molecule has 0 unspecified atom stereocenters. The summed E-state index contributed by atoms with van der Waals surface area (Å²) in [5, 5.41) is 0.389. The van der Waals surface area contributed by atoms with Crippen LogP contribution in [0.4, 0.5) is 0 Å². The van der Waals surface area contributed by atoms with Crippen molar-refractivity contribution in [2.24, 2.45) is 0 Å². The van der Waals surface area contributed by atoms with E-state index in [4.69, 9.17) is 103 Å². The number of thiol groups is 16. The summed E-state index contributed by atoms with van der Waals surface area (Å²) in [4.78, 5) is 0. The first-order valence-electron chi connectivity index (χ1n) is 51.5. The summed E-state index contributed by atoms with van der Waals surface area (Å²) >= 11 is 84.0. The summed E-state index contributed by atoms with van der Waals surface area (Å²) in [5.41, 5.74) is 0. The molecule has 0 N–H and O–H groups in total. The van der Waals surface area contributed by atoms with E-state index < -0.39 is 0 Å². The number of unbranched alkanes of at least 4 members (excludes halogenated alkanes) is 36. The van der Waals surface area contributed by atoms with Crippen LogP contribution < -0.4 is 0 Å². The van der Waals surface area contributed by atoms with Crippen molar-refractivity contribution in [2.45, 2.75) is 391 Å². The summed E-state index contributed by atoms with van der Waals surface area (Å²) in [7, 11) is 6.61. The van der Waals surface area contributed by atoms with Crippen molar-refractivity contribution in [2.75, 3.05) is 257 Å². The van der Waals surface area contributed by atoms with Gasteiger partial charge in [0, 0.05) is 90.5 Å². The van der Waals surface area contributed by atoms with Crippen LogP contribution in [0, 0.1) is 0 Å². The molecule has 0 aromatic rings. The van der Waals surface area contributed by atoms with Gasteiger partial charge in [0.15, 0.2) is 0 Å². The molecule has 0 saturated carbocycles. The van der Waals surface area contributed by atoms with E-state index in [-0.39, 0.29) is 55.4 Å². The number of hydrogen-bond donors (Lipinski definition) is 16. The zero-order chi connectivity index (χ0) is 105. The third kappa shape index (κ3) is 368. The van der Waals surface area contributed by atoms with Crippen LogP contribution in [0.3, 0.4) is 0 Å². The molecule has 0 atom stereocenters. The Balaban J connectivity index is -0.0000000579. The minimum Gasteiger partial charge on any atom is -0.382 e. The van der Waals surface area contributed by atoms with Crippen molar-refractivity contribution in [3.05, 3.63) is 0 Å². The number of hydrogen-bond acceptors (Lipinski definition) is 28. The Kier molecular flexibility index (Phi) is 361. The van der Waals surface area contributed by atoms with Crippen molar-refractivity contribution < 1.29 is 102 Å². The SMILES string of the molecule is CCCCCCS.CCCCCCS.CCCCCCS.CCCCCCS.CCCCCCS.CCCCCCS.CCCCCCS.CCCCCCS.CCCCCCS.CCCCCCS.CCCCCCS.CCCCCCS.COCCOCCOCCS.COCCOCCOCCS.COCCOCCOCCS.COCCOCCOCS.ClCCl.ClCCl.[Au].[Au]. The Morgan fingerprint density at radius 2 is 0.230 bits per heavy atom. The van der Waals surface area contributed by atoms with Crippen molar-refractivity contribution in [1.82, 2.24) is 0 Å². The van der Waals surface area contributed by atoms with Gasteiger partial charge in [0.05, 0.1) is 142 Å². The zero-order valence-corrected chi connectivity index (χ0v) is 112. The van der Waals surface area contributed by atoms with Crippen molar-refractivity contribution in [1.29, 1.82) is 0 Å². The summed E-state index contributed by atoms with van der Waals surface area (Å²) in [5.74, 6) is 15.4. The van der Waals surface area contributed by atoms with E-state index in [0.717, 1.165) is 86.3 Å². The largest absolute Gasteiger partial charge is 0.382 e. The van der Waals surface area contributed by atoms with Gasteiger partial charge in [-0.2, -0.15) is 202 Å². The van der Waals surface area contributed by atoms with E-state index in [1.54, 1.807) is 28.4 Å². The van der Waals surface area contributed by atoms with E-state index in [2.05, 4.69) is 285 Å². The molecule has 856 valence electrons. The third-order valence-electron chi connectivity index (χ3n) is 16.2. The van der Waals surface area contributed by atoms with Gasteiger partial charge in [-0.1, -0.05) is 314 Å². The van der Waals surface area contributed by atoms with Crippen molar-refractivity contribution in [3.63, 3.8) is 0 Å². The van der Waals surface area contributed by atoms with Crippen LogP contribution in [0.15, 0.2) is 0 Å². The van der Waals surface area contributed by atoms with Gasteiger partial charge in [0.2, 0.25) is 0 Å². The molecule has 0 spiro atoms. The van der Waals surface area contributed by atoms with E-state index in [1.807, 2.05) is 0 Å². The molecule has 0 aliphatic carbocycles. The number of methoxy groups -OCH3 is 4. The van der Waals surface area contributed by atoms with Crippen LogP contribution in [0.5, 0.6) is 0 Å². The molecule has 0 aliphatic rings. The number of halogens is 4. The molecule has 0 heterocycles. The molecule has 0 amide bonds. The van der Waals surface area contributed by atoms with Crippen LogP contribution in [0.2, 0.25) is 0 Å². The van der Waals surface area contributed by atoms with Crippen LogP contribution >= 0.6 is 248 Å². The van der Waals surface area contributed by atoms with Gasteiger partial charge >= 0.3 is 0 Å². The van der Waals surface area contributed by atoms with Gasteiger partial charge in [-0.3, -0.25) is 0 Å². The fourth-order valence-corrected chi connectivity index (χ4v) is 11.7. The van der Waals surface area contributed by atoms with E-state index >= 15 is 0 Å². The Morgan fingerprint density at radius 3 is 0.311 bits per heavy atom. The maximum atomic E-state index is 5.15. The standard InChI is InChI=1S/3C7H16O3S.C6H14O3S.12C6H14S.2CH2Cl2.2Au/c3*1-8-2-3-9-4-5-10-6-7-11;1-7-2-3-8-4-5-9-6-10;12*1-2-3-4-5-6-7;2*2-1-3;;/h3*11H,2-7H2,1H3;10H,2-6H2,1H3;12*7H,2-6H2,1H3;2*1H2;;. The summed E-state index contributed by atoms with van der Waals surface area (Å²) in [6.45, 7) is 38.9. The molecule has 135 heavy (non-hydrogen) atoms. The fourth-order valence-electron chi connectivity index (χ4n) is 8.48. The van der Waals surface area contributed by atoms with Gasteiger partial charge in [0.25, 0.3) is 0 Å². The summed E-state index contributed by atoms with van der Waals surface area (Å²) in [6.07, 6.45) is 64.2. The second kappa shape index (κ2) is 256. The Bertz CT molecular complexity index is 1110. The smallest absolute Gasteiger partial charge is 0.0967 e. The minimum atomic E-state index is 0. The van der Waals surface area contributed by atoms with Gasteiger partial charge in [-0.25, -0.2) is 0 Å². The molecule has 0 saturated heterocycles. The van der Waals surface area contributed by atoms with Gasteiger partial charge < -0.3 is 56.8 Å². The predicted molar refractivity (Wildman–Crippen MR) is 674 cm³/mol. The van der Waals surface area contributed by atoms with Crippen LogP contribution in [-0.2, 0) is 102 Å². The molecule has 0 aliphatic heterocycles. The average molecular weight is 2690 g/mol. The first-order valence-corrected chi connectivity index (χ1v) is 63.8. The molecular weight excluding hydrogens is 2450 g/mol. The van der Waals surface area contributed by atoms with Crippen LogP contribution in [0.1, 0.15) is 391 Å². The van der Waals surface area contributed by atoms with Gasteiger partial charge in [-0.15, -0.1) is 46.4 Å². The molecule has 0 bridgehead atoms. The third-order valence-corrected chi connectivity index (χ3v) is 20.7. The molecule has 2 radical (unpaired) electrons. The number of alkyl halides is 4. The molecular formula is C101H234Au2Cl4O12S16. The van der Waals surface area contributed by atoms with Crippen LogP contribution in [0.25, 0.3) is 0 Å². The van der Waals surface area contributed by atoms with E-state index in [0.29, 0.717) is 131 Å². The Hall–Kier alpha value is 7.76. The fraction of sp³-hybridized carbons (Fsp3) is 1.00. The Morgan fingerprint density at radius 1 is 0.133 bits per heavy atom. The monoisotopic (exact) mass is 2690 g/mol. The van der Waals surface area contributed by atoms with Crippen molar-refractivity contribution >= 4 is 248 Å². The molecule has 0 fully saturated rings. The normalized spacial score (nSPS) is 9.42. The second-order valence-electron chi connectivity index (χ2n) is 29.1. The molecule has 0 aromatic heterocycles. The zero-order valence-electron chi connectivity index (χ0n) is 90.3. The predicted octanol–water partition coefficient (Wildman–Crippen LogP) is 35.1. The average Bonchev–Trinajstić information content (AvgIpc) is 1.16. The first-order chi connectivity index (χ1) is 65.0. The first kappa shape index (κ1) is 190. The van der Waals surface area contributed by atoms with Gasteiger partial charge in [-0.05, 0) is 146 Å². The topological polar surface area (TPSA) is 111 Å². The maximum absolute atomic E-state index is 5.15. The van der Waals surface area contributed by atoms with Crippen molar-refractivity contribution in [3.8, 4) is 0 Å². The molecule has 34 heteroatoms. The summed E-state index contributed by atoms with van der Waals surface area (Å²) in [6, 6.07) is 0. The Labute approximate surface area is 987 Å².